The van der Waals surface area contributed by atoms with Crippen molar-refractivity contribution in [3.63, 3.8) is 0 Å². The summed E-state index contributed by atoms with van der Waals surface area (Å²) in [5, 5.41) is 4.53. The van der Waals surface area contributed by atoms with Crippen LogP contribution in [-0.2, 0) is 22.4 Å². The maximum absolute atomic E-state index is 12.7. The molecule has 1 aliphatic carbocycles. The zero-order valence-corrected chi connectivity index (χ0v) is 21.9. The highest BCUT2D eigenvalue weighted by atomic mass is 35.5. The summed E-state index contributed by atoms with van der Waals surface area (Å²) in [6, 6.07) is 5.03. The van der Waals surface area contributed by atoms with Crippen LogP contribution in [0.2, 0.25) is 10.0 Å². The number of esters is 1. The van der Waals surface area contributed by atoms with Crippen LogP contribution in [0.1, 0.15) is 67.8 Å². The summed E-state index contributed by atoms with van der Waals surface area (Å²) in [5.74, 6) is 0.557. The summed E-state index contributed by atoms with van der Waals surface area (Å²) >= 11 is 13.5. The molecule has 1 aliphatic rings. The highest BCUT2D eigenvalue weighted by Crippen LogP contribution is 2.44. The molecule has 3 rings (SSSR count). The molecule has 0 radical (unpaired) electrons. The van der Waals surface area contributed by atoms with Gasteiger partial charge in [0.15, 0.2) is 0 Å². The molecule has 0 saturated carbocycles. The second kappa shape index (κ2) is 11.1. The first kappa shape index (κ1) is 25.9. The Kier molecular flexibility index (Phi) is 8.70. The lowest BCUT2D eigenvalue weighted by Crippen LogP contribution is -2.26. The van der Waals surface area contributed by atoms with Crippen LogP contribution in [0.15, 0.2) is 18.2 Å². The molecular weight excluding hydrogens is 481 g/mol. The van der Waals surface area contributed by atoms with Crippen molar-refractivity contribution in [2.45, 2.75) is 59.8 Å². The SMILES string of the molecule is CCOC(=O)c1c(NC(=O)CCCOc2ccc(Cl)cc2Cl)sc2c1CCC(C(C)(C)C)C2. The van der Waals surface area contributed by atoms with E-state index in [1.54, 1.807) is 25.1 Å². The molecule has 1 unspecified atom stereocenters. The molecule has 2 aromatic rings. The van der Waals surface area contributed by atoms with E-state index < -0.39 is 0 Å². The van der Waals surface area contributed by atoms with Gasteiger partial charge < -0.3 is 14.8 Å². The van der Waals surface area contributed by atoms with Crippen molar-refractivity contribution >= 4 is 51.4 Å². The van der Waals surface area contributed by atoms with Crippen molar-refractivity contribution in [1.82, 2.24) is 0 Å². The number of rotatable bonds is 8. The Balaban J connectivity index is 1.64. The number of carbonyl (C=O) groups excluding carboxylic acids is 2. The third-order valence-corrected chi connectivity index (χ3v) is 7.62. The number of hydrogen-bond acceptors (Lipinski definition) is 5. The van der Waals surface area contributed by atoms with Crippen molar-refractivity contribution in [3.8, 4) is 5.75 Å². The van der Waals surface area contributed by atoms with E-state index in [-0.39, 0.29) is 23.7 Å². The quantitative estimate of drug-likeness (QED) is 0.301. The third kappa shape index (κ3) is 6.65. The van der Waals surface area contributed by atoms with Crippen LogP contribution in [0.4, 0.5) is 5.00 Å². The second-order valence-electron chi connectivity index (χ2n) is 9.31. The smallest absolute Gasteiger partial charge is 0.341 e. The van der Waals surface area contributed by atoms with E-state index in [2.05, 4.69) is 26.1 Å². The number of hydrogen-bond donors (Lipinski definition) is 1. The lowest BCUT2D eigenvalue weighted by atomic mass is 9.72. The maximum atomic E-state index is 12.7. The first-order valence-corrected chi connectivity index (χ1v) is 12.9. The Morgan fingerprint density at radius 2 is 2.00 bits per heavy atom. The van der Waals surface area contributed by atoms with Gasteiger partial charge in [-0.1, -0.05) is 44.0 Å². The average molecular weight is 512 g/mol. The third-order valence-electron chi connectivity index (χ3n) is 5.92. The van der Waals surface area contributed by atoms with E-state index in [0.717, 1.165) is 24.8 Å². The molecule has 180 valence electrons. The number of anilines is 1. The molecule has 0 aliphatic heterocycles. The van der Waals surface area contributed by atoms with Crippen LogP contribution in [0, 0.1) is 11.3 Å². The number of carbonyl (C=O) groups is 2. The van der Waals surface area contributed by atoms with Gasteiger partial charge in [0.2, 0.25) is 5.91 Å². The molecule has 1 N–H and O–H groups in total. The van der Waals surface area contributed by atoms with Crippen molar-refractivity contribution in [2.24, 2.45) is 11.3 Å². The van der Waals surface area contributed by atoms with Gasteiger partial charge in [-0.05, 0) is 67.7 Å². The van der Waals surface area contributed by atoms with E-state index in [1.807, 2.05) is 0 Å². The molecule has 1 heterocycles. The summed E-state index contributed by atoms with van der Waals surface area (Å²) < 4.78 is 11.0. The molecule has 1 atom stereocenters. The molecular formula is C25H31Cl2NO4S. The predicted octanol–water partition coefficient (Wildman–Crippen LogP) is 7.18. The Bertz CT molecular complexity index is 1010. The van der Waals surface area contributed by atoms with Gasteiger partial charge in [0.25, 0.3) is 0 Å². The number of nitrogens with one attached hydrogen (secondary N) is 1. The molecule has 1 amide bonds. The fourth-order valence-corrected chi connectivity index (χ4v) is 5.82. The largest absolute Gasteiger partial charge is 0.492 e. The van der Waals surface area contributed by atoms with Gasteiger partial charge in [0, 0.05) is 16.3 Å². The van der Waals surface area contributed by atoms with Crippen LogP contribution in [-0.4, -0.2) is 25.1 Å². The Hall–Kier alpha value is -1.76. The summed E-state index contributed by atoms with van der Waals surface area (Å²) in [7, 11) is 0. The Labute approximate surface area is 209 Å². The number of ether oxygens (including phenoxy) is 2. The number of benzene rings is 1. The summed E-state index contributed by atoms with van der Waals surface area (Å²) in [6.07, 6.45) is 3.55. The molecule has 0 saturated heterocycles. The second-order valence-corrected chi connectivity index (χ2v) is 11.3. The molecule has 0 fully saturated rings. The first-order chi connectivity index (χ1) is 15.6. The molecule has 8 heteroatoms. The van der Waals surface area contributed by atoms with Crippen molar-refractivity contribution in [2.75, 3.05) is 18.5 Å². The molecule has 1 aromatic heterocycles. The number of halogens is 2. The van der Waals surface area contributed by atoms with Gasteiger partial charge in [-0.25, -0.2) is 4.79 Å². The minimum absolute atomic E-state index is 0.155. The maximum Gasteiger partial charge on any atom is 0.341 e. The first-order valence-electron chi connectivity index (χ1n) is 11.3. The highest BCUT2D eigenvalue weighted by molar-refractivity contribution is 7.17. The van der Waals surface area contributed by atoms with Crippen LogP contribution in [0.3, 0.4) is 0 Å². The van der Waals surface area contributed by atoms with E-state index in [4.69, 9.17) is 32.7 Å². The topological polar surface area (TPSA) is 64.6 Å². The molecule has 1 aromatic carbocycles. The number of thiophene rings is 1. The summed E-state index contributed by atoms with van der Waals surface area (Å²) in [5.41, 5.74) is 1.76. The van der Waals surface area contributed by atoms with Gasteiger partial charge in [-0.2, -0.15) is 0 Å². The van der Waals surface area contributed by atoms with E-state index in [1.165, 1.54) is 16.2 Å². The van der Waals surface area contributed by atoms with Crippen molar-refractivity contribution in [3.05, 3.63) is 44.2 Å². The molecule has 33 heavy (non-hydrogen) atoms. The zero-order valence-electron chi connectivity index (χ0n) is 19.6. The molecule has 0 spiro atoms. The fourth-order valence-electron chi connectivity index (χ4n) is 4.03. The normalized spacial score (nSPS) is 15.6. The van der Waals surface area contributed by atoms with Gasteiger partial charge in [-0.3, -0.25) is 4.79 Å². The molecule has 5 nitrogen and oxygen atoms in total. The lowest BCUT2D eigenvalue weighted by Gasteiger charge is -2.33. The van der Waals surface area contributed by atoms with Crippen LogP contribution >= 0.6 is 34.5 Å². The standard InChI is InChI=1S/C25H31Cl2NO4S/c1-5-31-24(30)22-17-10-8-15(25(2,3)4)13-20(17)33-23(22)28-21(29)7-6-12-32-19-11-9-16(26)14-18(19)27/h9,11,14-15H,5-8,10,12-13H2,1-4H3,(H,28,29). The monoisotopic (exact) mass is 511 g/mol. The zero-order chi connectivity index (χ0) is 24.2. The van der Waals surface area contributed by atoms with Crippen LogP contribution < -0.4 is 10.1 Å². The van der Waals surface area contributed by atoms with Crippen molar-refractivity contribution in [1.29, 1.82) is 0 Å². The van der Waals surface area contributed by atoms with Gasteiger partial charge in [0.05, 0.1) is 23.8 Å². The Morgan fingerprint density at radius 1 is 1.24 bits per heavy atom. The van der Waals surface area contributed by atoms with Gasteiger partial charge in [0.1, 0.15) is 10.8 Å². The lowest BCUT2D eigenvalue weighted by molar-refractivity contribution is -0.116. The minimum atomic E-state index is -0.361. The van der Waals surface area contributed by atoms with Gasteiger partial charge >= 0.3 is 5.97 Å². The summed E-state index contributed by atoms with van der Waals surface area (Å²) in [6.45, 7) is 9.19. The van der Waals surface area contributed by atoms with E-state index in [9.17, 15) is 9.59 Å². The summed E-state index contributed by atoms with van der Waals surface area (Å²) in [4.78, 5) is 26.6. The minimum Gasteiger partial charge on any atom is -0.492 e. The average Bonchev–Trinajstić information content (AvgIpc) is 3.09. The van der Waals surface area contributed by atoms with E-state index >= 15 is 0 Å². The van der Waals surface area contributed by atoms with Crippen LogP contribution in [0.5, 0.6) is 5.75 Å². The fraction of sp³-hybridized carbons (Fsp3) is 0.520. The number of amides is 1. The van der Waals surface area contributed by atoms with Crippen molar-refractivity contribution < 1.29 is 19.1 Å². The van der Waals surface area contributed by atoms with E-state index in [0.29, 0.717) is 51.9 Å². The predicted molar refractivity (Wildman–Crippen MR) is 135 cm³/mol. The highest BCUT2D eigenvalue weighted by Gasteiger charge is 2.34. The van der Waals surface area contributed by atoms with Gasteiger partial charge in [-0.15, -0.1) is 11.3 Å². The Morgan fingerprint density at radius 3 is 2.67 bits per heavy atom. The van der Waals surface area contributed by atoms with Crippen LogP contribution in [0.25, 0.3) is 0 Å². The molecule has 0 bridgehead atoms. The number of fused-ring (bicyclic) bond motifs is 1.